The molecule has 0 radical (unpaired) electrons. The molecule has 1 atom stereocenters. The minimum absolute atomic E-state index is 0.593. The third-order valence-electron chi connectivity index (χ3n) is 3.55. The summed E-state index contributed by atoms with van der Waals surface area (Å²) in [6, 6.07) is 0. The lowest BCUT2D eigenvalue weighted by molar-refractivity contribution is -0.413. The van der Waals surface area contributed by atoms with Gasteiger partial charge in [0.1, 0.15) is 0 Å². The Kier molecular flexibility index (Phi) is 8.48. The number of hydrogen-bond acceptors (Lipinski definition) is 3. The molecule has 0 heterocycles. The van der Waals surface area contributed by atoms with Gasteiger partial charge in [-0.1, -0.05) is 6.58 Å². The second kappa shape index (κ2) is 9.00. The van der Waals surface area contributed by atoms with E-state index in [1.165, 1.54) is 0 Å². The van der Waals surface area contributed by atoms with E-state index in [1.54, 1.807) is 0 Å². The molecule has 0 saturated heterocycles. The van der Waals surface area contributed by atoms with Gasteiger partial charge in [0.25, 0.3) is 0 Å². The van der Waals surface area contributed by atoms with Gasteiger partial charge in [0.15, 0.2) is 0 Å². The molecule has 0 aromatic rings. The number of aliphatic hydroxyl groups is 1. The molecule has 1 unspecified atom stereocenters. The molecule has 15 heteroatoms. The molecular weight excluding hydrogens is 444 g/mol. The summed E-state index contributed by atoms with van der Waals surface area (Å²) < 4.78 is 159. The van der Waals surface area contributed by atoms with Crippen molar-refractivity contribution in [1.82, 2.24) is 0 Å². The summed E-state index contributed by atoms with van der Waals surface area (Å²) in [5.74, 6) is -36.4. The van der Waals surface area contributed by atoms with Crippen molar-refractivity contribution in [2.75, 3.05) is 0 Å². The second-order valence-corrected chi connectivity index (χ2v) is 5.69. The lowest BCUT2D eigenvalue weighted by Crippen LogP contribution is -2.68. The van der Waals surface area contributed by atoms with Gasteiger partial charge in [-0.15, -0.1) is 0 Å². The summed E-state index contributed by atoms with van der Waals surface area (Å²) in [7, 11) is 0. The van der Waals surface area contributed by atoms with Crippen molar-refractivity contribution in [3.63, 3.8) is 0 Å². The van der Waals surface area contributed by atoms with Crippen molar-refractivity contribution in [1.29, 1.82) is 0 Å². The Balaban J connectivity index is 5.29. The average molecular weight is 458 g/mol. The Bertz CT molecular complexity index is 576. The molecule has 0 aromatic heterocycles. The molecule has 0 bridgehead atoms. The van der Waals surface area contributed by atoms with Gasteiger partial charge in [-0.3, -0.25) is 0 Å². The minimum atomic E-state index is -7.55. The number of ether oxygens (including phenoxy) is 1. The number of rotatable bonds is 12. The number of aliphatic hydroxyl groups excluding tert-OH is 1. The molecule has 0 spiro atoms. The topological polar surface area (TPSA) is 46.5 Å². The molecule has 0 amide bonds. The number of carbonyl (C=O) groups is 1. The fraction of sp³-hybridized carbons (Fsp3) is 0.786. The highest BCUT2D eigenvalue weighted by Crippen LogP contribution is 2.58. The molecule has 29 heavy (non-hydrogen) atoms. The molecule has 1 N–H and O–H groups in total. The van der Waals surface area contributed by atoms with Crippen LogP contribution in [0, 0.1) is 0 Å². The number of halogens is 12. The van der Waals surface area contributed by atoms with Crippen molar-refractivity contribution < 1.29 is 67.3 Å². The van der Waals surface area contributed by atoms with E-state index in [-0.39, 0.29) is 0 Å². The Labute approximate surface area is 155 Å². The smallest absolute Gasteiger partial charge is 0.384 e. The van der Waals surface area contributed by atoms with E-state index in [2.05, 4.69) is 11.3 Å². The molecule has 0 saturated carbocycles. The van der Waals surface area contributed by atoms with E-state index in [0.717, 1.165) is 0 Å². The number of carbonyl (C=O) groups excluding carboxylic acids is 1. The number of unbranched alkanes of at least 4 members (excludes halogenated alkanes) is 1. The lowest BCUT2D eigenvalue weighted by Gasteiger charge is -2.39. The van der Waals surface area contributed by atoms with Crippen LogP contribution in [-0.2, 0) is 9.53 Å². The van der Waals surface area contributed by atoms with Gasteiger partial charge in [0.05, 0.1) is 0 Å². The van der Waals surface area contributed by atoms with E-state index in [1.807, 2.05) is 0 Å². The highest BCUT2D eigenvalue weighted by atomic mass is 19.4. The maximum absolute atomic E-state index is 13.4. The first kappa shape index (κ1) is 27.3. The predicted molar refractivity (Wildman–Crippen MR) is 71.5 cm³/mol. The number of esters is 1. The number of alkyl halides is 12. The maximum Gasteiger partial charge on any atom is 0.384 e. The fourth-order valence-electron chi connectivity index (χ4n) is 1.84. The van der Waals surface area contributed by atoms with Gasteiger partial charge in [0.2, 0.25) is 6.29 Å². The van der Waals surface area contributed by atoms with Crippen LogP contribution in [0.15, 0.2) is 12.7 Å². The normalized spacial score (nSPS) is 15.4. The fourth-order valence-corrected chi connectivity index (χ4v) is 1.84. The Morgan fingerprint density at radius 3 is 1.79 bits per heavy atom. The zero-order valence-electron chi connectivity index (χ0n) is 14.1. The monoisotopic (exact) mass is 458 g/mol. The zero-order valence-corrected chi connectivity index (χ0v) is 14.1. The third kappa shape index (κ3) is 5.28. The first-order chi connectivity index (χ1) is 12.8. The van der Waals surface area contributed by atoms with Gasteiger partial charge < -0.3 is 9.84 Å². The Hall–Kier alpha value is -1.67. The molecule has 0 rings (SSSR count). The van der Waals surface area contributed by atoms with E-state index in [0.29, 0.717) is 6.08 Å². The van der Waals surface area contributed by atoms with Crippen molar-refractivity contribution in [2.24, 2.45) is 0 Å². The van der Waals surface area contributed by atoms with Gasteiger partial charge in [-0.2, -0.15) is 43.9 Å². The quantitative estimate of drug-likeness (QED) is 0.147. The summed E-state index contributed by atoms with van der Waals surface area (Å²) in [6.45, 7) is 2.94. The SMILES string of the molecule is C=CC(=O)OC(O)CCCCC(F)(F)C(F)(F)C(F)(F)C(F)(F)C(F)(F)C(F)F. The Morgan fingerprint density at radius 2 is 1.38 bits per heavy atom. The lowest BCUT2D eigenvalue weighted by atomic mass is 9.92. The van der Waals surface area contributed by atoms with Crippen LogP contribution in [0.3, 0.4) is 0 Å². The van der Waals surface area contributed by atoms with Crippen molar-refractivity contribution >= 4 is 5.97 Å². The van der Waals surface area contributed by atoms with Crippen LogP contribution in [0.25, 0.3) is 0 Å². The minimum Gasteiger partial charge on any atom is -0.433 e. The summed E-state index contributed by atoms with van der Waals surface area (Å²) in [5.41, 5.74) is 0. The summed E-state index contributed by atoms with van der Waals surface area (Å²) in [6.07, 6.45) is -11.7. The average Bonchev–Trinajstić information content (AvgIpc) is 2.57. The number of hydrogen-bond donors (Lipinski definition) is 1. The zero-order chi connectivity index (χ0) is 23.5. The van der Waals surface area contributed by atoms with E-state index in [9.17, 15) is 57.5 Å². The summed E-state index contributed by atoms with van der Waals surface area (Å²) in [4.78, 5) is 10.7. The first-order valence-electron chi connectivity index (χ1n) is 7.48. The van der Waals surface area contributed by atoms with Gasteiger partial charge in [-0.05, 0) is 12.8 Å². The highest BCUT2D eigenvalue weighted by Gasteiger charge is 2.87. The van der Waals surface area contributed by atoms with Crippen molar-refractivity contribution in [2.45, 2.75) is 68.0 Å². The second-order valence-electron chi connectivity index (χ2n) is 5.69. The third-order valence-corrected chi connectivity index (χ3v) is 3.55. The van der Waals surface area contributed by atoms with Crippen LogP contribution in [0.4, 0.5) is 52.7 Å². The maximum atomic E-state index is 13.4. The summed E-state index contributed by atoms with van der Waals surface area (Å²) >= 11 is 0. The van der Waals surface area contributed by atoms with Gasteiger partial charge in [0, 0.05) is 18.9 Å². The van der Waals surface area contributed by atoms with Crippen LogP contribution in [0.2, 0.25) is 0 Å². The van der Waals surface area contributed by atoms with Crippen LogP contribution < -0.4 is 0 Å². The van der Waals surface area contributed by atoms with E-state index >= 15 is 0 Å². The van der Waals surface area contributed by atoms with E-state index in [4.69, 9.17) is 5.11 Å². The van der Waals surface area contributed by atoms with Crippen LogP contribution >= 0.6 is 0 Å². The molecule has 0 aromatic carbocycles. The van der Waals surface area contributed by atoms with Crippen molar-refractivity contribution in [3.8, 4) is 0 Å². The molecule has 0 aliphatic heterocycles. The molecule has 3 nitrogen and oxygen atoms in total. The van der Waals surface area contributed by atoms with Gasteiger partial charge >= 0.3 is 42.0 Å². The van der Waals surface area contributed by atoms with E-state index < -0.39 is 74.0 Å². The molecular formula is C14H14F12O3. The van der Waals surface area contributed by atoms with Crippen LogP contribution in [0.1, 0.15) is 25.7 Å². The van der Waals surface area contributed by atoms with Crippen LogP contribution in [0.5, 0.6) is 0 Å². The van der Waals surface area contributed by atoms with Crippen LogP contribution in [-0.4, -0.2) is 53.4 Å². The largest absolute Gasteiger partial charge is 0.433 e. The molecule has 172 valence electrons. The predicted octanol–water partition coefficient (Wildman–Crippen LogP) is 5.04. The highest BCUT2D eigenvalue weighted by molar-refractivity contribution is 5.81. The first-order valence-corrected chi connectivity index (χ1v) is 7.48. The standard InChI is InChI=1S/C14H14F12O3/c1-2-7(27)29-8(28)5-3-4-6-10(17,18)12(21,22)14(25,26)13(23,24)11(19,20)9(15)16/h2,8-9,28H,1,3-6H2. The molecule has 0 aliphatic rings. The Morgan fingerprint density at radius 1 is 0.897 bits per heavy atom. The van der Waals surface area contributed by atoms with Gasteiger partial charge in [-0.25, -0.2) is 13.6 Å². The van der Waals surface area contributed by atoms with Crippen molar-refractivity contribution in [3.05, 3.63) is 12.7 Å². The molecule has 0 fully saturated rings. The molecule has 0 aliphatic carbocycles. The summed E-state index contributed by atoms with van der Waals surface area (Å²) in [5, 5.41) is 9.12.